The van der Waals surface area contributed by atoms with Crippen molar-refractivity contribution in [3.8, 4) is 5.69 Å². The number of pyridine rings is 1. The van der Waals surface area contributed by atoms with Crippen molar-refractivity contribution in [2.75, 3.05) is 11.9 Å². The molecule has 2 aromatic carbocycles. The van der Waals surface area contributed by atoms with Crippen LogP contribution in [0.2, 0.25) is 5.02 Å². The normalized spacial score (nSPS) is 11.4. The van der Waals surface area contributed by atoms with Crippen LogP contribution in [-0.4, -0.2) is 21.3 Å². The zero-order valence-corrected chi connectivity index (χ0v) is 17.1. The van der Waals surface area contributed by atoms with Crippen molar-refractivity contribution in [2.45, 2.75) is 19.8 Å². The van der Waals surface area contributed by atoms with E-state index in [0.29, 0.717) is 16.2 Å². The summed E-state index contributed by atoms with van der Waals surface area (Å²) >= 11 is 9.66. The Labute approximate surface area is 169 Å². The van der Waals surface area contributed by atoms with E-state index in [1.54, 1.807) is 4.68 Å². The maximum Gasteiger partial charge on any atom is 0.282 e. The molecule has 0 unspecified atom stereocenters. The number of anilines is 1. The second-order valence-electron chi connectivity index (χ2n) is 6.38. The van der Waals surface area contributed by atoms with Gasteiger partial charge >= 0.3 is 0 Å². The lowest BCUT2D eigenvalue weighted by atomic mass is 10.1. The predicted molar refractivity (Wildman–Crippen MR) is 115 cm³/mol. The van der Waals surface area contributed by atoms with Crippen molar-refractivity contribution in [1.82, 2.24) is 14.8 Å². The second-order valence-corrected chi connectivity index (χ2v) is 7.74. The summed E-state index contributed by atoms with van der Waals surface area (Å²) in [7, 11) is 0. The predicted octanol–water partition coefficient (Wildman–Crippen LogP) is 5.49. The Morgan fingerprint density at radius 1 is 1.26 bits per heavy atom. The molecule has 0 aliphatic heterocycles. The zero-order chi connectivity index (χ0) is 19.0. The molecule has 0 bridgehead atoms. The minimum Gasteiger partial charge on any atom is -0.369 e. The monoisotopic (exact) mass is 444 g/mol. The van der Waals surface area contributed by atoms with Crippen LogP contribution < -0.4 is 10.9 Å². The first kappa shape index (κ1) is 18.1. The molecule has 0 radical (unpaired) electrons. The molecule has 2 N–H and O–H groups in total. The lowest BCUT2D eigenvalue weighted by molar-refractivity contribution is 0.832. The van der Waals surface area contributed by atoms with Gasteiger partial charge in [-0.25, -0.2) is 9.67 Å². The van der Waals surface area contributed by atoms with E-state index in [2.05, 4.69) is 38.3 Å². The molecule has 0 aliphatic carbocycles. The molecule has 5 nitrogen and oxygen atoms in total. The third-order valence-electron chi connectivity index (χ3n) is 4.48. The van der Waals surface area contributed by atoms with Crippen LogP contribution in [0.4, 0.5) is 5.82 Å². The third kappa shape index (κ3) is 3.35. The molecule has 2 aromatic heterocycles. The summed E-state index contributed by atoms with van der Waals surface area (Å²) in [5.74, 6) is 0.600. The number of hydrogen-bond acceptors (Lipinski definition) is 3. The number of aromatic amines is 1. The third-order valence-corrected chi connectivity index (χ3v) is 5.21. The fraction of sp³-hybridized carbons (Fsp3) is 0.200. The fourth-order valence-corrected chi connectivity index (χ4v) is 3.70. The summed E-state index contributed by atoms with van der Waals surface area (Å²) in [6, 6.07) is 13.1. The number of aromatic nitrogens is 3. The van der Waals surface area contributed by atoms with E-state index < -0.39 is 0 Å². The summed E-state index contributed by atoms with van der Waals surface area (Å²) in [4.78, 5) is 17.9. The second kappa shape index (κ2) is 7.37. The van der Waals surface area contributed by atoms with Crippen molar-refractivity contribution < 1.29 is 0 Å². The minimum atomic E-state index is -0.142. The fourth-order valence-electron chi connectivity index (χ4n) is 3.14. The van der Waals surface area contributed by atoms with E-state index in [9.17, 15) is 4.79 Å². The van der Waals surface area contributed by atoms with Crippen LogP contribution in [0.1, 0.15) is 19.8 Å². The number of nitrogens with one attached hydrogen (secondary N) is 2. The smallest absolute Gasteiger partial charge is 0.282 e. The topological polar surface area (TPSA) is 62.7 Å². The maximum absolute atomic E-state index is 13.2. The first-order chi connectivity index (χ1) is 13.1. The van der Waals surface area contributed by atoms with Crippen molar-refractivity contribution in [3.63, 3.8) is 0 Å². The largest absolute Gasteiger partial charge is 0.369 e. The van der Waals surface area contributed by atoms with Gasteiger partial charge in [0.25, 0.3) is 5.56 Å². The number of halogens is 2. The molecule has 2 heterocycles. The molecule has 0 aliphatic rings. The Hall–Kier alpha value is -2.31. The summed E-state index contributed by atoms with van der Waals surface area (Å²) in [5, 5.41) is 8.55. The number of nitrogens with zero attached hydrogens (tertiary/aromatic N) is 2. The Morgan fingerprint density at radius 3 is 2.89 bits per heavy atom. The van der Waals surface area contributed by atoms with Gasteiger partial charge in [0.1, 0.15) is 11.2 Å². The van der Waals surface area contributed by atoms with Crippen LogP contribution in [0.5, 0.6) is 0 Å². The zero-order valence-electron chi connectivity index (χ0n) is 14.7. The highest BCUT2D eigenvalue weighted by Gasteiger charge is 2.17. The maximum atomic E-state index is 13.2. The molecular formula is C20H18BrClN4O. The van der Waals surface area contributed by atoms with Gasteiger partial charge in [0.05, 0.1) is 16.7 Å². The molecule has 0 atom stereocenters. The molecule has 0 saturated carbocycles. The highest BCUT2D eigenvalue weighted by molar-refractivity contribution is 9.10. The first-order valence-corrected chi connectivity index (χ1v) is 9.99. The van der Waals surface area contributed by atoms with Crippen LogP contribution in [0.25, 0.3) is 27.5 Å². The molecule has 4 rings (SSSR count). The SMILES string of the molecule is CCCCNc1nc2ccc(Cl)cc2c2[nH]n(-c3cccc(Br)c3)c(=O)c12. The van der Waals surface area contributed by atoms with Gasteiger partial charge in [-0.15, -0.1) is 0 Å². The van der Waals surface area contributed by atoms with Crippen LogP contribution in [0.3, 0.4) is 0 Å². The molecule has 138 valence electrons. The van der Waals surface area contributed by atoms with E-state index in [-0.39, 0.29) is 5.56 Å². The van der Waals surface area contributed by atoms with Crippen molar-refractivity contribution >= 4 is 55.2 Å². The lowest BCUT2D eigenvalue weighted by Crippen LogP contribution is -2.15. The van der Waals surface area contributed by atoms with Crippen LogP contribution in [-0.2, 0) is 0 Å². The standard InChI is InChI=1S/C20H18BrClN4O/c1-2-3-9-23-19-17-18(15-11-13(22)7-8-16(15)24-19)25-26(20(17)27)14-6-4-5-12(21)10-14/h4-8,10-11,25H,2-3,9H2,1H3,(H,23,24). The number of rotatable bonds is 5. The van der Waals surface area contributed by atoms with Crippen molar-refractivity contribution in [2.24, 2.45) is 0 Å². The van der Waals surface area contributed by atoms with Gasteiger partial charge < -0.3 is 5.32 Å². The number of hydrogen-bond donors (Lipinski definition) is 2. The van der Waals surface area contributed by atoms with Crippen LogP contribution in [0.15, 0.2) is 51.7 Å². The van der Waals surface area contributed by atoms with Gasteiger partial charge in [0.15, 0.2) is 0 Å². The molecule has 27 heavy (non-hydrogen) atoms. The van der Waals surface area contributed by atoms with Gasteiger partial charge in [0.2, 0.25) is 0 Å². The average Bonchev–Trinajstić information content (AvgIpc) is 3.00. The molecule has 7 heteroatoms. The van der Waals surface area contributed by atoms with Crippen LogP contribution in [0, 0.1) is 0 Å². The Bertz CT molecular complexity index is 1200. The van der Waals surface area contributed by atoms with E-state index in [1.165, 1.54) is 0 Å². The Balaban J connectivity index is 2.01. The summed E-state index contributed by atoms with van der Waals surface area (Å²) in [6.07, 6.45) is 2.07. The molecule has 0 amide bonds. The summed E-state index contributed by atoms with van der Waals surface area (Å²) < 4.78 is 2.44. The highest BCUT2D eigenvalue weighted by Crippen LogP contribution is 2.29. The molecular weight excluding hydrogens is 428 g/mol. The van der Waals surface area contributed by atoms with E-state index >= 15 is 0 Å². The first-order valence-electron chi connectivity index (χ1n) is 8.82. The molecule has 0 spiro atoms. The average molecular weight is 446 g/mol. The van der Waals surface area contributed by atoms with Gasteiger partial charge in [-0.05, 0) is 42.8 Å². The summed E-state index contributed by atoms with van der Waals surface area (Å²) in [5.41, 5.74) is 2.12. The van der Waals surface area contributed by atoms with Gasteiger partial charge in [0, 0.05) is 21.4 Å². The quantitative estimate of drug-likeness (QED) is 0.399. The van der Waals surface area contributed by atoms with Gasteiger partial charge in [-0.2, -0.15) is 0 Å². The van der Waals surface area contributed by atoms with Gasteiger partial charge in [-0.1, -0.05) is 46.9 Å². The number of unbranched alkanes of at least 4 members (excludes halogenated alkanes) is 1. The Kier molecular flexibility index (Phi) is 4.93. The number of benzene rings is 2. The van der Waals surface area contributed by atoms with Gasteiger partial charge in [-0.3, -0.25) is 9.89 Å². The van der Waals surface area contributed by atoms with Crippen LogP contribution >= 0.6 is 27.5 Å². The summed E-state index contributed by atoms with van der Waals surface area (Å²) in [6.45, 7) is 2.89. The minimum absolute atomic E-state index is 0.142. The van der Waals surface area contributed by atoms with Crippen molar-refractivity contribution in [1.29, 1.82) is 0 Å². The van der Waals surface area contributed by atoms with Crippen molar-refractivity contribution in [3.05, 3.63) is 62.3 Å². The molecule has 0 saturated heterocycles. The Morgan fingerprint density at radius 2 is 2.11 bits per heavy atom. The highest BCUT2D eigenvalue weighted by atomic mass is 79.9. The van der Waals surface area contributed by atoms with E-state index in [0.717, 1.165) is 46.0 Å². The number of fused-ring (bicyclic) bond motifs is 3. The lowest BCUT2D eigenvalue weighted by Gasteiger charge is -2.08. The number of H-pyrrole nitrogens is 1. The molecule has 0 fully saturated rings. The van der Waals surface area contributed by atoms with E-state index in [1.807, 2.05) is 42.5 Å². The molecule has 4 aromatic rings. The van der Waals surface area contributed by atoms with E-state index in [4.69, 9.17) is 11.6 Å².